The SMILES string of the molecule is CC1(C)C(/C=C/C2=C(NCc3ccccc3)C(=C\C=C3\N(Cc4ccccc4)c4ccc(S(=O)(=O)O)cc4C3(C)C)/CCC2)=[N+](Cc2ccccc2)c2ccc(S(=O)(=O)[O-])cc21. The lowest BCUT2D eigenvalue weighted by atomic mass is 9.81. The Morgan fingerprint density at radius 3 is 1.97 bits per heavy atom. The summed E-state index contributed by atoms with van der Waals surface area (Å²) in [6, 6.07) is 40.1. The Morgan fingerprint density at radius 1 is 0.710 bits per heavy atom. The number of fused-ring (bicyclic) bond motifs is 2. The van der Waals surface area contributed by atoms with E-state index in [1.807, 2.05) is 54.6 Å². The molecule has 2 aliphatic heterocycles. The Bertz CT molecular complexity index is 2920. The van der Waals surface area contributed by atoms with Gasteiger partial charge in [0.25, 0.3) is 10.1 Å². The fourth-order valence-corrected chi connectivity index (χ4v) is 10.1. The van der Waals surface area contributed by atoms with Crippen LogP contribution in [0.1, 0.15) is 74.8 Å². The van der Waals surface area contributed by atoms with Gasteiger partial charge in [-0.25, -0.2) is 8.42 Å². The lowest BCUT2D eigenvalue weighted by Gasteiger charge is -2.28. The summed E-state index contributed by atoms with van der Waals surface area (Å²) in [4.78, 5) is 1.86. The molecule has 11 heteroatoms. The summed E-state index contributed by atoms with van der Waals surface area (Å²) in [7, 11) is -9.08. The molecule has 318 valence electrons. The van der Waals surface area contributed by atoms with Crippen LogP contribution in [-0.4, -0.2) is 36.2 Å². The van der Waals surface area contributed by atoms with Crippen LogP contribution in [0.4, 0.5) is 11.4 Å². The predicted molar refractivity (Wildman–Crippen MR) is 244 cm³/mol. The van der Waals surface area contributed by atoms with Gasteiger partial charge in [-0.05, 0) is 97.4 Å². The van der Waals surface area contributed by atoms with Gasteiger partial charge in [0, 0.05) is 58.9 Å². The normalized spacial score (nSPS) is 18.5. The van der Waals surface area contributed by atoms with E-state index in [9.17, 15) is 25.9 Å². The minimum Gasteiger partial charge on any atom is -0.744 e. The quantitative estimate of drug-likeness (QED) is 0.0937. The van der Waals surface area contributed by atoms with Crippen LogP contribution in [0.25, 0.3) is 0 Å². The second kappa shape index (κ2) is 16.8. The maximum Gasteiger partial charge on any atom is 0.294 e. The molecule has 5 aromatic carbocycles. The second-order valence-electron chi connectivity index (χ2n) is 17.2. The minimum atomic E-state index is -4.66. The average molecular weight is 866 g/mol. The van der Waals surface area contributed by atoms with Crippen LogP contribution in [0, 0.1) is 0 Å². The Morgan fingerprint density at radius 2 is 1.32 bits per heavy atom. The summed E-state index contributed by atoms with van der Waals surface area (Å²) in [5, 5.41) is 3.81. The number of hydrogen-bond donors (Lipinski definition) is 2. The third-order valence-corrected chi connectivity index (χ3v) is 14.1. The van der Waals surface area contributed by atoms with Gasteiger partial charge in [-0.3, -0.25) is 4.55 Å². The van der Waals surface area contributed by atoms with Crippen molar-refractivity contribution in [2.24, 2.45) is 0 Å². The molecule has 62 heavy (non-hydrogen) atoms. The highest BCUT2D eigenvalue weighted by Gasteiger charge is 2.45. The van der Waals surface area contributed by atoms with Crippen LogP contribution in [0.5, 0.6) is 0 Å². The van der Waals surface area contributed by atoms with Crippen molar-refractivity contribution in [2.45, 2.75) is 87.2 Å². The lowest BCUT2D eigenvalue weighted by Crippen LogP contribution is -2.28. The highest BCUT2D eigenvalue weighted by Crippen LogP contribution is 2.49. The number of anilines is 1. The molecule has 3 aliphatic rings. The first-order valence-electron chi connectivity index (χ1n) is 20.9. The van der Waals surface area contributed by atoms with Crippen LogP contribution >= 0.6 is 0 Å². The van der Waals surface area contributed by atoms with Gasteiger partial charge in [-0.2, -0.15) is 13.0 Å². The Kier molecular flexibility index (Phi) is 11.6. The van der Waals surface area contributed by atoms with Gasteiger partial charge in [0.15, 0.2) is 12.3 Å². The molecule has 0 unspecified atom stereocenters. The molecule has 0 amide bonds. The van der Waals surface area contributed by atoms with E-state index in [0.29, 0.717) is 19.6 Å². The fourth-order valence-electron chi connectivity index (χ4n) is 9.13. The summed E-state index contributed by atoms with van der Waals surface area (Å²) < 4.78 is 73.4. The van der Waals surface area contributed by atoms with E-state index in [1.165, 1.54) is 18.2 Å². The first-order chi connectivity index (χ1) is 29.5. The van der Waals surface area contributed by atoms with Gasteiger partial charge in [-0.1, -0.05) is 117 Å². The number of hydrogen-bond acceptors (Lipinski definition) is 7. The van der Waals surface area contributed by atoms with E-state index < -0.39 is 31.1 Å². The van der Waals surface area contributed by atoms with Gasteiger partial charge < -0.3 is 14.8 Å². The maximum absolute atomic E-state index is 12.3. The third-order valence-electron chi connectivity index (χ3n) is 12.4. The number of nitrogens with zero attached hydrogens (tertiary/aromatic N) is 2. The average Bonchev–Trinajstić information content (AvgIpc) is 3.58. The molecule has 9 nitrogen and oxygen atoms in total. The van der Waals surface area contributed by atoms with Crippen molar-refractivity contribution < 1.29 is 30.5 Å². The summed E-state index contributed by atoms with van der Waals surface area (Å²) in [5.74, 6) is 0. The zero-order chi connectivity index (χ0) is 43.9. The molecule has 0 bridgehead atoms. The van der Waals surface area contributed by atoms with E-state index >= 15 is 0 Å². The van der Waals surface area contributed by atoms with E-state index in [0.717, 1.165) is 86.7 Å². The van der Waals surface area contributed by atoms with Crippen LogP contribution in [0.2, 0.25) is 0 Å². The largest absolute Gasteiger partial charge is 0.744 e. The minimum absolute atomic E-state index is 0.132. The topological polar surface area (TPSA) is 130 Å². The van der Waals surface area contributed by atoms with Crippen molar-refractivity contribution in [1.29, 1.82) is 0 Å². The molecule has 2 N–H and O–H groups in total. The highest BCUT2D eigenvalue weighted by atomic mass is 32.2. The van der Waals surface area contributed by atoms with Crippen molar-refractivity contribution in [2.75, 3.05) is 4.90 Å². The van der Waals surface area contributed by atoms with Crippen molar-refractivity contribution >= 4 is 37.3 Å². The first-order valence-corrected chi connectivity index (χ1v) is 23.7. The van der Waals surface area contributed by atoms with Gasteiger partial charge in [-0.15, -0.1) is 0 Å². The Labute approximate surface area is 365 Å². The Balaban J connectivity index is 1.24. The second-order valence-corrected chi connectivity index (χ2v) is 20.0. The molecule has 0 radical (unpaired) electrons. The number of benzene rings is 5. The summed E-state index contributed by atoms with van der Waals surface area (Å²) in [6.45, 7) is 10.0. The number of allylic oxidation sites excluding steroid dienone is 7. The summed E-state index contributed by atoms with van der Waals surface area (Å²) in [6.07, 6.45) is 11.3. The van der Waals surface area contributed by atoms with Crippen LogP contribution < -0.4 is 10.2 Å². The van der Waals surface area contributed by atoms with Crippen LogP contribution in [0.3, 0.4) is 0 Å². The summed E-state index contributed by atoms with van der Waals surface area (Å²) in [5.41, 5.74) is 10.7. The lowest BCUT2D eigenvalue weighted by molar-refractivity contribution is -0.455. The molecule has 0 saturated carbocycles. The van der Waals surface area contributed by atoms with Crippen molar-refractivity contribution in [3.63, 3.8) is 0 Å². The van der Waals surface area contributed by atoms with E-state index in [4.69, 9.17) is 0 Å². The van der Waals surface area contributed by atoms with Gasteiger partial charge >= 0.3 is 0 Å². The smallest absolute Gasteiger partial charge is 0.294 e. The Hall–Kier alpha value is -5.85. The fraction of sp³-hybridized carbons (Fsp3) is 0.235. The van der Waals surface area contributed by atoms with Crippen LogP contribution in [0.15, 0.2) is 184 Å². The van der Waals surface area contributed by atoms with E-state index in [-0.39, 0.29) is 9.79 Å². The van der Waals surface area contributed by atoms with Crippen molar-refractivity contribution in [3.8, 4) is 0 Å². The van der Waals surface area contributed by atoms with E-state index in [1.54, 1.807) is 18.2 Å². The highest BCUT2D eigenvalue weighted by molar-refractivity contribution is 7.86. The molecule has 0 spiro atoms. The van der Waals surface area contributed by atoms with Gasteiger partial charge in [0.1, 0.15) is 10.1 Å². The van der Waals surface area contributed by atoms with Crippen molar-refractivity contribution in [3.05, 3.63) is 202 Å². The summed E-state index contributed by atoms with van der Waals surface area (Å²) >= 11 is 0. The van der Waals surface area contributed by atoms with Gasteiger partial charge in [0.05, 0.1) is 15.2 Å². The first kappa shape index (κ1) is 42.8. The molecule has 0 atom stereocenters. The molecule has 2 heterocycles. The monoisotopic (exact) mass is 865 g/mol. The van der Waals surface area contributed by atoms with Gasteiger partial charge in [0.2, 0.25) is 5.69 Å². The predicted octanol–water partition coefficient (Wildman–Crippen LogP) is 10.0. The molecule has 0 fully saturated rings. The number of rotatable bonds is 12. The van der Waals surface area contributed by atoms with Crippen molar-refractivity contribution in [1.82, 2.24) is 5.32 Å². The zero-order valence-corrected chi connectivity index (χ0v) is 37.0. The number of nitrogens with one attached hydrogen (secondary N) is 1. The molecular weight excluding hydrogens is 815 g/mol. The molecule has 5 aromatic rings. The standard InChI is InChI=1S/C51H51N3O6S2/c1-50(2)43-31-41(61(55,56)57)25-27-45(43)53(34-37-17-10-6-11-18-37)47(50)29-23-39-21-14-22-40(49(39)52-33-36-15-8-5-9-16-36)24-30-48-51(3,4)44-32-42(62(58,59)60)26-28-46(44)54(48)35-38-19-12-7-13-20-38/h5-13,15-20,23-32H,14,21-22,33-35H2,1-4H3,(H2,55,56,57,58,59,60)/b39-23-,47-29+. The zero-order valence-electron chi connectivity index (χ0n) is 35.4. The molecule has 0 aromatic heterocycles. The molecular formula is C51H51N3O6S2. The maximum atomic E-state index is 12.3. The van der Waals surface area contributed by atoms with Crippen LogP contribution in [-0.2, 0) is 50.7 Å². The molecule has 0 saturated heterocycles. The molecule has 8 rings (SSSR count). The molecule has 1 aliphatic carbocycles. The third kappa shape index (κ3) is 8.63. The van der Waals surface area contributed by atoms with E-state index in [2.05, 4.69) is 103 Å².